The zero-order chi connectivity index (χ0) is 22.6. The molecule has 0 fully saturated rings. The average molecular weight is 471 g/mol. The Kier molecular flexibility index (Phi) is 8.00. The summed E-state index contributed by atoms with van der Waals surface area (Å²) in [5.74, 6) is -0.453. The van der Waals surface area contributed by atoms with Gasteiger partial charge in [0.2, 0.25) is 0 Å². The minimum absolute atomic E-state index is 0. The highest BCUT2D eigenvalue weighted by Gasteiger charge is 2.22. The van der Waals surface area contributed by atoms with Gasteiger partial charge in [-0.15, -0.1) is 12.4 Å². The Morgan fingerprint density at radius 2 is 1.69 bits per heavy atom. The minimum atomic E-state index is -3.88. The first-order valence-corrected chi connectivity index (χ1v) is 10.9. The zero-order valence-electron chi connectivity index (χ0n) is 17.5. The molecule has 7 nitrogen and oxygen atoms in total. The molecule has 1 amide bonds. The first kappa shape index (κ1) is 24.9. The standard InChI is InChI=1S/C23H22N4O3S.ClH/c1-16(25)18-8-12-21(13-9-18)27(2)31(29,30)22-5-3-4-19(14-22)23(28)26-20-10-6-17(15-24)7-11-20;/h3-14,16H,25H2,1-2H3,(H,26,28);1H/t16-;/m1./s1. The number of nitriles is 1. The van der Waals surface area contributed by atoms with E-state index in [1.165, 1.54) is 31.3 Å². The predicted octanol–water partition coefficient (Wildman–Crippen LogP) is 4.08. The van der Waals surface area contributed by atoms with Crippen LogP contribution >= 0.6 is 12.4 Å². The number of hydrogen-bond donors (Lipinski definition) is 2. The fourth-order valence-electron chi connectivity index (χ4n) is 2.91. The van der Waals surface area contributed by atoms with Crippen LogP contribution in [0.25, 0.3) is 0 Å². The first-order valence-electron chi connectivity index (χ1n) is 9.48. The second-order valence-electron chi connectivity index (χ2n) is 7.02. The van der Waals surface area contributed by atoms with Crippen molar-refractivity contribution in [3.05, 3.63) is 89.5 Å². The summed E-state index contributed by atoms with van der Waals surface area (Å²) in [5, 5.41) is 11.6. The summed E-state index contributed by atoms with van der Waals surface area (Å²) in [5.41, 5.74) is 8.41. The second kappa shape index (κ2) is 10.3. The van der Waals surface area contributed by atoms with Crippen molar-refractivity contribution in [1.82, 2.24) is 0 Å². The average Bonchev–Trinajstić information content (AvgIpc) is 2.79. The summed E-state index contributed by atoms with van der Waals surface area (Å²) in [4.78, 5) is 12.6. The molecule has 0 saturated carbocycles. The highest BCUT2D eigenvalue weighted by Crippen LogP contribution is 2.24. The Morgan fingerprint density at radius 1 is 1.06 bits per heavy atom. The van der Waals surface area contributed by atoms with Crippen molar-refractivity contribution in [3.8, 4) is 6.07 Å². The lowest BCUT2D eigenvalue weighted by atomic mass is 10.1. The van der Waals surface area contributed by atoms with Crippen LogP contribution in [0.3, 0.4) is 0 Å². The van der Waals surface area contributed by atoms with Crippen LogP contribution in [0, 0.1) is 11.3 Å². The molecule has 1 atom stereocenters. The van der Waals surface area contributed by atoms with Crippen LogP contribution < -0.4 is 15.4 Å². The molecule has 3 rings (SSSR count). The van der Waals surface area contributed by atoms with Crippen molar-refractivity contribution in [3.63, 3.8) is 0 Å². The highest BCUT2D eigenvalue weighted by molar-refractivity contribution is 7.92. The van der Waals surface area contributed by atoms with E-state index in [4.69, 9.17) is 11.0 Å². The van der Waals surface area contributed by atoms with Crippen LogP contribution in [0.1, 0.15) is 34.5 Å². The first-order chi connectivity index (χ1) is 14.7. The molecule has 0 aliphatic rings. The van der Waals surface area contributed by atoms with Gasteiger partial charge < -0.3 is 11.1 Å². The van der Waals surface area contributed by atoms with Gasteiger partial charge in [0.1, 0.15) is 0 Å². The Labute approximate surface area is 193 Å². The van der Waals surface area contributed by atoms with Gasteiger partial charge in [-0.1, -0.05) is 18.2 Å². The van der Waals surface area contributed by atoms with Gasteiger partial charge in [-0.05, 0) is 67.1 Å². The molecule has 0 aliphatic heterocycles. The SMILES string of the molecule is C[C@@H](N)c1ccc(N(C)S(=O)(=O)c2cccc(C(=O)Nc3ccc(C#N)cc3)c2)cc1.Cl. The number of carbonyl (C=O) groups is 1. The molecule has 0 saturated heterocycles. The summed E-state index contributed by atoms with van der Waals surface area (Å²) in [6.45, 7) is 1.85. The van der Waals surface area contributed by atoms with E-state index in [1.807, 2.05) is 13.0 Å². The number of hydrogen-bond acceptors (Lipinski definition) is 5. The minimum Gasteiger partial charge on any atom is -0.324 e. The Bertz CT molecular complexity index is 1240. The number of nitrogens with two attached hydrogens (primary N) is 1. The number of nitrogens with zero attached hydrogens (tertiary/aromatic N) is 2. The van der Waals surface area contributed by atoms with E-state index in [0.717, 1.165) is 9.87 Å². The molecule has 3 N–H and O–H groups in total. The molecule has 0 unspecified atom stereocenters. The molecule has 3 aromatic carbocycles. The van der Waals surface area contributed by atoms with Crippen LogP contribution in [-0.2, 0) is 10.0 Å². The Balaban J connectivity index is 0.00000363. The molecular formula is C23H23ClN4O3S. The van der Waals surface area contributed by atoms with E-state index in [0.29, 0.717) is 16.9 Å². The molecular weight excluding hydrogens is 448 g/mol. The van der Waals surface area contributed by atoms with Crippen LogP contribution in [0.4, 0.5) is 11.4 Å². The van der Waals surface area contributed by atoms with Crippen LogP contribution in [0.2, 0.25) is 0 Å². The van der Waals surface area contributed by atoms with E-state index in [9.17, 15) is 13.2 Å². The molecule has 3 aromatic rings. The third-order valence-electron chi connectivity index (χ3n) is 4.81. The maximum absolute atomic E-state index is 13.1. The van der Waals surface area contributed by atoms with Crippen molar-refractivity contribution in [2.75, 3.05) is 16.7 Å². The Hall–Kier alpha value is -3.38. The third-order valence-corrected chi connectivity index (χ3v) is 6.59. The van der Waals surface area contributed by atoms with Crippen LogP contribution in [-0.4, -0.2) is 21.4 Å². The predicted molar refractivity (Wildman–Crippen MR) is 127 cm³/mol. The molecule has 166 valence electrons. The number of nitrogens with one attached hydrogen (secondary N) is 1. The third kappa shape index (κ3) is 5.45. The van der Waals surface area contributed by atoms with Gasteiger partial charge in [-0.25, -0.2) is 8.42 Å². The van der Waals surface area contributed by atoms with E-state index in [2.05, 4.69) is 5.32 Å². The van der Waals surface area contributed by atoms with E-state index >= 15 is 0 Å². The fourth-order valence-corrected chi connectivity index (χ4v) is 4.16. The highest BCUT2D eigenvalue weighted by atomic mass is 35.5. The summed E-state index contributed by atoms with van der Waals surface area (Å²) in [6, 6.07) is 21.0. The van der Waals surface area contributed by atoms with Crippen molar-refractivity contribution in [2.45, 2.75) is 17.9 Å². The largest absolute Gasteiger partial charge is 0.324 e. The number of anilines is 2. The lowest BCUT2D eigenvalue weighted by Gasteiger charge is -2.20. The topological polar surface area (TPSA) is 116 Å². The van der Waals surface area contributed by atoms with Crippen molar-refractivity contribution in [2.24, 2.45) is 5.73 Å². The van der Waals surface area contributed by atoms with E-state index in [1.54, 1.807) is 48.5 Å². The fraction of sp³-hybridized carbons (Fsp3) is 0.130. The molecule has 9 heteroatoms. The summed E-state index contributed by atoms with van der Waals surface area (Å²) in [6.07, 6.45) is 0. The van der Waals surface area contributed by atoms with Gasteiger partial charge in [0.05, 0.1) is 22.2 Å². The molecule has 0 aliphatic carbocycles. The number of amides is 1. The summed E-state index contributed by atoms with van der Waals surface area (Å²) < 4.78 is 27.4. The molecule has 0 heterocycles. The number of rotatable bonds is 6. The molecule has 0 spiro atoms. The molecule has 0 aromatic heterocycles. The van der Waals surface area contributed by atoms with Crippen molar-refractivity contribution < 1.29 is 13.2 Å². The van der Waals surface area contributed by atoms with Crippen LogP contribution in [0.15, 0.2) is 77.7 Å². The molecule has 0 radical (unpaired) electrons. The summed E-state index contributed by atoms with van der Waals surface area (Å²) in [7, 11) is -2.42. The maximum Gasteiger partial charge on any atom is 0.264 e. The maximum atomic E-state index is 13.1. The van der Waals surface area contributed by atoms with Crippen molar-refractivity contribution in [1.29, 1.82) is 5.26 Å². The van der Waals surface area contributed by atoms with Gasteiger partial charge in [-0.3, -0.25) is 9.10 Å². The molecule has 32 heavy (non-hydrogen) atoms. The van der Waals surface area contributed by atoms with Gasteiger partial charge in [0.15, 0.2) is 0 Å². The lowest BCUT2D eigenvalue weighted by molar-refractivity contribution is 0.102. The van der Waals surface area contributed by atoms with Gasteiger partial charge in [0.25, 0.3) is 15.9 Å². The monoisotopic (exact) mass is 470 g/mol. The molecule has 0 bridgehead atoms. The van der Waals surface area contributed by atoms with Crippen molar-refractivity contribution >= 4 is 39.7 Å². The van der Waals surface area contributed by atoms with E-state index < -0.39 is 15.9 Å². The van der Waals surface area contributed by atoms with Gasteiger partial charge >= 0.3 is 0 Å². The summed E-state index contributed by atoms with van der Waals surface area (Å²) >= 11 is 0. The second-order valence-corrected chi connectivity index (χ2v) is 8.99. The normalized spacial score (nSPS) is 11.6. The van der Waals surface area contributed by atoms with E-state index in [-0.39, 0.29) is 28.9 Å². The number of benzene rings is 3. The zero-order valence-corrected chi connectivity index (χ0v) is 19.2. The smallest absolute Gasteiger partial charge is 0.264 e. The quantitative estimate of drug-likeness (QED) is 0.563. The van der Waals surface area contributed by atoms with Gasteiger partial charge in [-0.2, -0.15) is 5.26 Å². The van der Waals surface area contributed by atoms with Crippen LogP contribution in [0.5, 0.6) is 0 Å². The Morgan fingerprint density at radius 3 is 2.25 bits per heavy atom. The number of sulfonamides is 1. The van der Waals surface area contributed by atoms with Gasteiger partial charge in [0, 0.05) is 24.3 Å². The number of carbonyl (C=O) groups excluding carboxylic acids is 1. The lowest BCUT2D eigenvalue weighted by Crippen LogP contribution is -2.27. The number of halogens is 1.